The first kappa shape index (κ1) is 13.9. The summed E-state index contributed by atoms with van der Waals surface area (Å²) in [5, 5.41) is 45.6. The highest BCUT2D eigenvalue weighted by atomic mass is 16.5. The maximum atomic E-state index is 10.7. The van der Waals surface area contributed by atoms with Crippen molar-refractivity contribution in [1.29, 1.82) is 0 Å². The minimum atomic E-state index is -1.60. The number of nitrogens with two attached hydrogens (primary N) is 1. The number of aliphatic hydroxyl groups is 4. The lowest BCUT2D eigenvalue weighted by Gasteiger charge is -2.35. The number of aliphatic carboxylic acids is 1. The van der Waals surface area contributed by atoms with Crippen LogP contribution in [0.5, 0.6) is 0 Å². The van der Waals surface area contributed by atoms with Gasteiger partial charge in [0.1, 0.15) is 18.3 Å². The lowest BCUT2D eigenvalue weighted by atomic mass is 9.95. The fraction of sp³-hybridized carbons (Fsp3) is 0.667. The topological polar surface area (TPSA) is 153 Å². The van der Waals surface area contributed by atoms with E-state index in [4.69, 9.17) is 20.7 Å². The molecule has 0 aliphatic carbocycles. The number of aliphatic hydroxyl groups excluding tert-OH is 4. The average molecular weight is 249 g/mol. The Bertz CT molecular complexity index is 318. The normalized spacial score (nSPS) is 32.3. The van der Waals surface area contributed by atoms with Crippen LogP contribution < -0.4 is 5.73 Å². The maximum absolute atomic E-state index is 10.7. The van der Waals surface area contributed by atoms with Crippen molar-refractivity contribution in [1.82, 2.24) is 0 Å². The molecule has 5 atom stereocenters. The number of hydrogen-bond acceptors (Lipinski definition) is 7. The van der Waals surface area contributed by atoms with Gasteiger partial charge < -0.3 is 36.0 Å². The third-order valence-corrected chi connectivity index (χ3v) is 2.49. The van der Waals surface area contributed by atoms with E-state index >= 15 is 0 Å². The van der Waals surface area contributed by atoms with E-state index in [0.717, 1.165) is 6.08 Å². The minimum absolute atomic E-state index is 0.562. The van der Waals surface area contributed by atoms with Gasteiger partial charge in [0.2, 0.25) is 5.76 Å². The summed E-state index contributed by atoms with van der Waals surface area (Å²) in [5.74, 6) is -1.99. The summed E-state index contributed by atoms with van der Waals surface area (Å²) in [6, 6.07) is -1.10. The molecule has 0 aromatic rings. The molecule has 1 aliphatic heterocycles. The van der Waals surface area contributed by atoms with Crippen molar-refractivity contribution in [3.05, 3.63) is 11.8 Å². The molecule has 8 heteroatoms. The van der Waals surface area contributed by atoms with E-state index in [9.17, 15) is 20.1 Å². The third kappa shape index (κ3) is 2.93. The minimum Gasteiger partial charge on any atom is -0.479 e. The van der Waals surface area contributed by atoms with Crippen molar-refractivity contribution in [3.63, 3.8) is 0 Å². The largest absolute Gasteiger partial charge is 0.479 e. The smallest absolute Gasteiger partial charge is 0.370 e. The Kier molecular flexibility index (Phi) is 4.43. The Hall–Kier alpha value is -1.19. The van der Waals surface area contributed by atoms with Crippen LogP contribution in [0.15, 0.2) is 11.8 Å². The predicted octanol–water partition coefficient (Wildman–Crippen LogP) is -3.24. The Morgan fingerprint density at radius 3 is 2.59 bits per heavy atom. The molecule has 0 aromatic carbocycles. The van der Waals surface area contributed by atoms with E-state index < -0.39 is 48.8 Å². The molecule has 0 saturated carbocycles. The zero-order valence-electron chi connectivity index (χ0n) is 8.80. The molecule has 0 bridgehead atoms. The van der Waals surface area contributed by atoms with Crippen molar-refractivity contribution >= 4 is 5.97 Å². The standard InChI is InChI=1S/C9H15NO7/c10-6-3(12)1-5(9(15)16)17-8(6)7(14)4(13)2-11/h1,3-4,6-8,11-14H,2,10H2,(H,15,16)/t3-,4+,6+,7+,8+/m0/s1. The van der Waals surface area contributed by atoms with Gasteiger partial charge in [0, 0.05) is 0 Å². The van der Waals surface area contributed by atoms with Gasteiger partial charge in [0.05, 0.1) is 18.8 Å². The molecule has 8 nitrogen and oxygen atoms in total. The van der Waals surface area contributed by atoms with Crippen LogP contribution in [-0.4, -0.2) is 68.6 Å². The van der Waals surface area contributed by atoms with E-state index in [0.29, 0.717) is 0 Å². The second-order valence-corrected chi connectivity index (χ2v) is 3.73. The van der Waals surface area contributed by atoms with Gasteiger partial charge >= 0.3 is 5.97 Å². The molecular formula is C9H15NO7. The molecule has 0 radical (unpaired) electrons. The molecule has 0 aromatic heterocycles. The third-order valence-electron chi connectivity index (χ3n) is 2.49. The highest BCUT2D eigenvalue weighted by molar-refractivity contribution is 5.84. The highest BCUT2D eigenvalue weighted by Gasteiger charge is 2.40. The average Bonchev–Trinajstić information content (AvgIpc) is 2.30. The van der Waals surface area contributed by atoms with Gasteiger partial charge in [-0.2, -0.15) is 0 Å². The first-order valence-corrected chi connectivity index (χ1v) is 4.91. The van der Waals surface area contributed by atoms with E-state index in [-0.39, 0.29) is 0 Å². The second-order valence-electron chi connectivity index (χ2n) is 3.73. The van der Waals surface area contributed by atoms with Crippen molar-refractivity contribution < 1.29 is 35.1 Å². The molecule has 98 valence electrons. The van der Waals surface area contributed by atoms with Crippen LogP contribution in [0.25, 0.3) is 0 Å². The van der Waals surface area contributed by atoms with Gasteiger partial charge in [-0.05, 0) is 6.08 Å². The van der Waals surface area contributed by atoms with Gasteiger partial charge in [-0.15, -0.1) is 0 Å². The fourth-order valence-electron chi connectivity index (χ4n) is 1.47. The molecule has 7 N–H and O–H groups in total. The van der Waals surface area contributed by atoms with E-state index in [1.807, 2.05) is 0 Å². The van der Waals surface area contributed by atoms with Crippen molar-refractivity contribution in [3.8, 4) is 0 Å². The molecule has 1 aliphatic rings. The molecule has 0 unspecified atom stereocenters. The SMILES string of the molecule is N[C@H]1[C@H]([C@H](O)[C@H](O)CO)OC(C(=O)O)=C[C@@H]1O. The van der Waals surface area contributed by atoms with Gasteiger partial charge in [-0.3, -0.25) is 0 Å². The number of carboxylic acids is 1. The molecule has 1 heterocycles. The van der Waals surface area contributed by atoms with Crippen molar-refractivity contribution in [2.45, 2.75) is 30.5 Å². The zero-order valence-corrected chi connectivity index (χ0v) is 8.80. The van der Waals surface area contributed by atoms with Gasteiger partial charge in [-0.1, -0.05) is 0 Å². The maximum Gasteiger partial charge on any atom is 0.370 e. The molecule has 17 heavy (non-hydrogen) atoms. The predicted molar refractivity (Wildman–Crippen MR) is 53.7 cm³/mol. The van der Waals surface area contributed by atoms with E-state index in [1.54, 1.807) is 0 Å². The molecule has 0 fully saturated rings. The van der Waals surface area contributed by atoms with Crippen molar-refractivity contribution in [2.75, 3.05) is 6.61 Å². The van der Waals surface area contributed by atoms with Crippen LogP contribution in [0, 0.1) is 0 Å². The number of carboxylic acid groups (broad SMARTS) is 1. The van der Waals surface area contributed by atoms with Gasteiger partial charge in [0.25, 0.3) is 0 Å². The summed E-state index contributed by atoms with van der Waals surface area (Å²) >= 11 is 0. The quantitative estimate of drug-likeness (QED) is 0.304. The molecule has 0 saturated heterocycles. The molecular weight excluding hydrogens is 234 g/mol. The Morgan fingerprint density at radius 1 is 1.53 bits per heavy atom. The summed E-state index contributed by atoms with van der Waals surface area (Å²) < 4.78 is 4.87. The Labute approximate surface area is 96.5 Å². The van der Waals surface area contributed by atoms with Crippen LogP contribution in [0.1, 0.15) is 0 Å². The summed E-state index contributed by atoms with van der Waals surface area (Å²) in [7, 11) is 0. The lowest BCUT2D eigenvalue weighted by molar-refractivity contribution is -0.146. The second kappa shape index (κ2) is 5.43. The van der Waals surface area contributed by atoms with Crippen molar-refractivity contribution in [2.24, 2.45) is 5.73 Å². The van der Waals surface area contributed by atoms with Crippen LogP contribution in [0.2, 0.25) is 0 Å². The summed E-state index contributed by atoms with van der Waals surface area (Å²) in [4.78, 5) is 10.7. The van der Waals surface area contributed by atoms with E-state index in [2.05, 4.69) is 0 Å². The number of ether oxygens (including phenoxy) is 1. The number of hydrogen-bond donors (Lipinski definition) is 6. The molecule has 0 amide bonds. The van der Waals surface area contributed by atoms with Crippen LogP contribution >= 0.6 is 0 Å². The first-order valence-electron chi connectivity index (χ1n) is 4.91. The van der Waals surface area contributed by atoms with Gasteiger partial charge in [0.15, 0.2) is 0 Å². The van der Waals surface area contributed by atoms with Crippen LogP contribution in [0.4, 0.5) is 0 Å². The van der Waals surface area contributed by atoms with Crippen LogP contribution in [0.3, 0.4) is 0 Å². The van der Waals surface area contributed by atoms with Gasteiger partial charge in [-0.25, -0.2) is 4.79 Å². The number of rotatable bonds is 4. The van der Waals surface area contributed by atoms with E-state index in [1.165, 1.54) is 0 Å². The molecule has 1 rings (SSSR count). The summed E-state index contributed by atoms with van der Waals surface area (Å²) in [6.07, 6.45) is -4.87. The zero-order chi connectivity index (χ0) is 13.2. The lowest BCUT2D eigenvalue weighted by Crippen LogP contribution is -2.57. The monoisotopic (exact) mass is 249 g/mol. The Balaban J connectivity index is 2.87. The molecule has 0 spiro atoms. The fourth-order valence-corrected chi connectivity index (χ4v) is 1.47. The Morgan fingerprint density at radius 2 is 2.12 bits per heavy atom. The highest BCUT2D eigenvalue weighted by Crippen LogP contribution is 2.21. The summed E-state index contributed by atoms with van der Waals surface area (Å²) in [5.41, 5.74) is 5.51. The first-order chi connectivity index (χ1) is 7.88. The number of carbonyl (C=O) groups is 1. The van der Waals surface area contributed by atoms with Crippen LogP contribution in [-0.2, 0) is 9.53 Å². The summed E-state index contributed by atoms with van der Waals surface area (Å²) in [6.45, 7) is -0.740.